The van der Waals surface area contributed by atoms with E-state index in [1.165, 1.54) is 7.11 Å². The smallest absolute Gasteiger partial charge is 0.337 e. The summed E-state index contributed by atoms with van der Waals surface area (Å²) in [6, 6.07) is 14.5. The molecule has 0 unspecified atom stereocenters. The van der Waals surface area contributed by atoms with Gasteiger partial charge in [0.1, 0.15) is 0 Å². The van der Waals surface area contributed by atoms with Crippen molar-refractivity contribution in [2.75, 3.05) is 50.1 Å². The first kappa shape index (κ1) is 19.2. The Kier molecular flexibility index (Phi) is 6.32. The molecule has 1 heterocycles. The lowest BCUT2D eigenvalue weighted by atomic mass is 10.2. The molecule has 0 radical (unpaired) electrons. The van der Waals surface area contributed by atoms with Crippen LogP contribution in [0.3, 0.4) is 0 Å². The van der Waals surface area contributed by atoms with Gasteiger partial charge in [-0.05, 0) is 36.4 Å². The molecule has 0 atom stereocenters. The summed E-state index contributed by atoms with van der Waals surface area (Å²) in [5.74, 6) is -0.531. The number of piperazine rings is 1. The molecule has 6 nitrogen and oxygen atoms in total. The third-order valence-electron chi connectivity index (χ3n) is 4.48. The molecule has 1 N–H and O–H groups in total. The Hall–Kier alpha value is -2.57. The fourth-order valence-electron chi connectivity index (χ4n) is 3.08. The zero-order valence-corrected chi connectivity index (χ0v) is 15.9. The summed E-state index contributed by atoms with van der Waals surface area (Å²) in [6.07, 6.45) is 0. The maximum Gasteiger partial charge on any atom is 0.337 e. The Balaban J connectivity index is 1.50. The van der Waals surface area contributed by atoms with Crippen LogP contribution < -0.4 is 10.2 Å². The normalized spacial score (nSPS) is 14.7. The van der Waals surface area contributed by atoms with Gasteiger partial charge in [-0.2, -0.15) is 0 Å². The van der Waals surface area contributed by atoms with Gasteiger partial charge in [-0.15, -0.1) is 0 Å². The van der Waals surface area contributed by atoms with Crippen LogP contribution in [0.15, 0.2) is 48.5 Å². The fraction of sp³-hybridized carbons (Fsp3) is 0.300. The number of ether oxygens (including phenoxy) is 1. The highest BCUT2D eigenvalue weighted by molar-refractivity contribution is 6.30. The van der Waals surface area contributed by atoms with E-state index >= 15 is 0 Å². The number of nitrogens with zero attached hydrogens (tertiary/aromatic N) is 2. The molecule has 1 saturated heterocycles. The van der Waals surface area contributed by atoms with E-state index in [9.17, 15) is 9.59 Å². The zero-order chi connectivity index (χ0) is 19.2. The van der Waals surface area contributed by atoms with Gasteiger partial charge in [0.05, 0.1) is 19.2 Å². The van der Waals surface area contributed by atoms with Crippen molar-refractivity contribution in [3.05, 3.63) is 59.1 Å². The van der Waals surface area contributed by atoms with Crippen LogP contribution in [0.2, 0.25) is 5.02 Å². The highest BCUT2D eigenvalue weighted by atomic mass is 35.5. The molecule has 2 aromatic rings. The van der Waals surface area contributed by atoms with Crippen LogP contribution in [-0.4, -0.2) is 56.6 Å². The third kappa shape index (κ3) is 5.21. The Morgan fingerprint density at radius 1 is 1.07 bits per heavy atom. The number of esters is 1. The van der Waals surface area contributed by atoms with Gasteiger partial charge in [0.2, 0.25) is 5.91 Å². The molecular formula is C20H22ClN3O3. The number of nitrogens with one attached hydrogen (secondary N) is 1. The molecule has 0 aromatic heterocycles. The molecule has 1 aliphatic rings. The van der Waals surface area contributed by atoms with Gasteiger partial charge < -0.3 is 15.0 Å². The number of carbonyl (C=O) groups is 2. The first-order valence-electron chi connectivity index (χ1n) is 8.76. The van der Waals surface area contributed by atoms with Crippen LogP contribution in [0.5, 0.6) is 0 Å². The SMILES string of the molecule is COC(=O)c1cccc(NC(=O)CN2CCN(c3cccc(Cl)c3)CC2)c1. The minimum Gasteiger partial charge on any atom is -0.465 e. The van der Waals surface area contributed by atoms with E-state index in [0.29, 0.717) is 17.8 Å². The summed E-state index contributed by atoms with van der Waals surface area (Å²) in [4.78, 5) is 28.3. The minimum atomic E-state index is -0.428. The van der Waals surface area contributed by atoms with Gasteiger partial charge in [0.25, 0.3) is 0 Å². The van der Waals surface area contributed by atoms with Gasteiger partial charge in [-0.3, -0.25) is 9.69 Å². The van der Waals surface area contributed by atoms with Gasteiger partial charge in [-0.25, -0.2) is 4.79 Å². The Morgan fingerprint density at radius 3 is 2.52 bits per heavy atom. The average Bonchev–Trinajstić information content (AvgIpc) is 2.68. The summed E-state index contributed by atoms with van der Waals surface area (Å²) >= 11 is 6.06. The van der Waals surface area contributed by atoms with Crippen LogP contribution in [0.4, 0.5) is 11.4 Å². The standard InChI is InChI=1S/C20H22ClN3O3/c1-27-20(26)15-4-2-6-17(12-15)22-19(25)14-23-8-10-24(11-9-23)18-7-3-5-16(21)13-18/h2-7,12-13H,8-11,14H2,1H3,(H,22,25). The van der Waals surface area contributed by atoms with Crippen LogP contribution >= 0.6 is 11.6 Å². The lowest BCUT2D eigenvalue weighted by Gasteiger charge is -2.35. The molecule has 142 valence electrons. The molecular weight excluding hydrogens is 366 g/mol. The number of hydrogen-bond donors (Lipinski definition) is 1. The van der Waals surface area contributed by atoms with E-state index in [0.717, 1.165) is 36.9 Å². The number of amides is 1. The molecule has 1 aliphatic heterocycles. The molecule has 1 fully saturated rings. The molecule has 3 rings (SSSR count). The summed E-state index contributed by atoms with van der Waals surface area (Å²) in [7, 11) is 1.33. The van der Waals surface area contributed by atoms with Crippen molar-refractivity contribution in [1.29, 1.82) is 0 Å². The number of carbonyl (C=O) groups excluding carboxylic acids is 2. The van der Waals surface area contributed by atoms with E-state index < -0.39 is 5.97 Å². The Morgan fingerprint density at radius 2 is 1.81 bits per heavy atom. The van der Waals surface area contributed by atoms with Crippen LogP contribution in [0, 0.1) is 0 Å². The zero-order valence-electron chi connectivity index (χ0n) is 15.2. The number of hydrogen-bond acceptors (Lipinski definition) is 5. The van der Waals surface area contributed by atoms with Crippen molar-refractivity contribution in [2.24, 2.45) is 0 Å². The van der Waals surface area contributed by atoms with Crippen LogP contribution in [-0.2, 0) is 9.53 Å². The summed E-state index contributed by atoms with van der Waals surface area (Å²) in [5, 5.41) is 3.56. The van der Waals surface area contributed by atoms with Crippen molar-refractivity contribution >= 4 is 34.9 Å². The molecule has 27 heavy (non-hydrogen) atoms. The number of rotatable bonds is 5. The highest BCUT2D eigenvalue weighted by Gasteiger charge is 2.19. The van der Waals surface area contributed by atoms with E-state index in [2.05, 4.69) is 15.1 Å². The van der Waals surface area contributed by atoms with E-state index in [4.69, 9.17) is 16.3 Å². The second-order valence-corrected chi connectivity index (χ2v) is 6.80. The first-order valence-corrected chi connectivity index (χ1v) is 9.14. The van der Waals surface area contributed by atoms with Crippen molar-refractivity contribution < 1.29 is 14.3 Å². The van der Waals surface area contributed by atoms with Gasteiger partial charge in [0.15, 0.2) is 0 Å². The second-order valence-electron chi connectivity index (χ2n) is 6.36. The van der Waals surface area contributed by atoms with E-state index in [1.807, 2.05) is 24.3 Å². The van der Waals surface area contributed by atoms with E-state index in [-0.39, 0.29) is 5.91 Å². The summed E-state index contributed by atoms with van der Waals surface area (Å²) in [6.45, 7) is 3.58. The Labute approximate surface area is 163 Å². The lowest BCUT2D eigenvalue weighted by molar-refractivity contribution is -0.117. The number of methoxy groups -OCH3 is 1. The topological polar surface area (TPSA) is 61.9 Å². The predicted molar refractivity (Wildman–Crippen MR) is 107 cm³/mol. The van der Waals surface area contributed by atoms with E-state index in [1.54, 1.807) is 24.3 Å². The molecule has 0 spiro atoms. The summed E-state index contributed by atoms with van der Waals surface area (Å²) < 4.78 is 4.70. The molecule has 0 saturated carbocycles. The monoisotopic (exact) mass is 387 g/mol. The molecule has 7 heteroatoms. The predicted octanol–water partition coefficient (Wildman–Crippen LogP) is 2.89. The van der Waals surface area contributed by atoms with Crippen molar-refractivity contribution in [2.45, 2.75) is 0 Å². The van der Waals surface area contributed by atoms with Gasteiger partial charge in [0, 0.05) is 42.6 Å². The molecule has 0 bridgehead atoms. The third-order valence-corrected chi connectivity index (χ3v) is 4.72. The molecule has 1 amide bonds. The Bertz CT molecular complexity index is 820. The number of anilines is 2. The lowest BCUT2D eigenvalue weighted by Crippen LogP contribution is -2.48. The van der Waals surface area contributed by atoms with Crippen LogP contribution in [0.25, 0.3) is 0 Å². The first-order chi connectivity index (χ1) is 13.0. The molecule has 0 aliphatic carbocycles. The molecule has 2 aromatic carbocycles. The van der Waals surface area contributed by atoms with Crippen molar-refractivity contribution in [1.82, 2.24) is 4.90 Å². The van der Waals surface area contributed by atoms with Gasteiger partial charge in [-0.1, -0.05) is 23.7 Å². The minimum absolute atomic E-state index is 0.103. The quantitative estimate of drug-likeness (QED) is 0.799. The number of halogens is 1. The van der Waals surface area contributed by atoms with Crippen molar-refractivity contribution in [3.8, 4) is 0 Å². The number of benzene rings is 2. The average molecular weight is 388 g/mol. The van der Waals surface area contributed by atoms with Crippen molar-refractivity contribution in [3.63, 3.8) is 0 Å². The largest absolute Gasteiger partial charge is 0.465 e. The summed E-state index contributed by atoms with van der Waals surface area (Å²) in [5.41, 5.74) is 2.09. The maximum absolute atomic E-state index is 12.3. The fourth-order valence-corrected chi connectivity index (χ4v) is 3.27. The second kappa shape index (κ2) is 8.88. The van der Waals surface area contributed by atoms with Gasteiger partial charge >= 0.3 is 5.97 Å². The maximum atomic E-state index is 12.3. The highest BCUT2D eigenvalue weighted by Crippen LogP contribution is 2.20. The van der Waals surface area contributed by atoms with Crippen LogP contribution in [0.1, 0.15) is 10.4 Å².